The zero-order valence-electron chi connectivity index (χ0n) is 15.7. The first-order valence-electron chi connectivity index (χ1n) is 8.78. The van der Waals surface area contributed by atoms with Crippen molar-refractivity contribution in [2.45, 2.75) is 33.1 Å². The number of morpholine rings is 1. The van der Waals surface area contributed by atoms with E-state index in [1.165, 1.54) is 21.7 Å². The zero-order valence-corrected chi connectivity index (χ0v) is 15.7. The normalized spacial score (nSPS) is 17.6. The van der Waals surface area contributed by atoms with Crippen LogP contribution in [0.4, 0.5) is 13.2 Å². The van der Waals surface area contributed by atoms with E-state index in [2.05, 4.69) is 5.10 Å². The van der Waals surface area contributed by atoms with Crippen LogP contribution in [0.25, 0.3) is 5.69 Å². The number of amides is 1. The van der Waals surface area contributed by atoms with E-state index in [1.54, 1.807) is 13.8 Å². The van der Waals surface area contributed by atoms with Crippen molar-refractivity contribution in [1.29, 1.82) is 0 Å². The second-order valence-corrected chi connectivity index (χ2v) is 6.77. The summed E-state index contributed by atoms with van der Waals surface area (Å²) in [5, 5.41) is 4.20. The van der Waals surface area contributed by atoms with Gasteiger partial charge >= 0.3 is 6.18 Å². The largest absolute Gasteiger partial charge is 0.416 e. The Hall–Kier alpha value is -2.68. The van der Waals surface area contributed by atoms with Crippen LogP contribution in [0.3, 0.4) is 0 Å². The van der Waals surface area contributed by atoms with E-state index in [4.69, 9.17) is 4.74 Å². The maximum atomic E-state index is 13.0. The molecule has 1 aromatic heterocycles. The lowest BCUT2D eigenvalue weighted by Gasteiger charge is -2.30. The highest BCUT2D eigenvalue weighted by molar-refractivity contribution is 6.43. The SMILES string of the molecule is Cc1nn(-c2cccc(C(F)(F)F)c2)c(C)c1C(=O)C(=O)N1CCOC(C)C1. The first-order valence-corrected chi connectivity index (χ1v) is 8.78. The number of carbonyl (C=O) groups is 2. The average Bonchev–Trinajstić information content (AvgIpc) is 2.94. The minimum absolute atomic E-state index is 0.113. The topological polar surface area (TPSA) is 64.4 Å². The van der Waals surface area contributed by atoms with E-state index in [0.717, 1.165) is 12.1 Å². The van der Waals surface area contributed by atoms with Crippen LogP contribution in [0.1, 0.15) is 34.2 Å². The Bertz CT molecular complexity index is 921. The summed E-state index contributed by atoms with van der Waals surface area (Å²) >= 11 is 0. The number of halogens is 3. The number of rotatable bonds is 3. The molecule has 1 aromatic carbocycles. The number of Topliss-reactive ketones (excluding diaryl/α,β-unsaturated/α-hetero) is 1. The third-order valence-electron chi connectivity index (χ3n) is 4.66. The van der Waals surface area contributed by atoms with Crippen LogP contribution in [-0.4, -0.2) is 52.2 Å². The molecule has 150 valence electrons. The van der Waals surface area contributed by atoms with Crippen LogP contribution in [0.15, 0.2) is 24.3 Å². The smallest absolute Gasteiger partial charge is 0.375 e. The number of alkyl halides is 3. The molecule has 6 nitrogen and oxygen atoms in total. The molecule has 0 spiro atoms. The van der Waals surface area contributed by atoms with E-state index in [-0.39, 0.29) is 23.0 Å². The summed E-state index contributed by atoms with van der Waals surface area (Å²) in [6, 6.07) is 4.66. The van der Waals surface area contributed by atoms with Crippen molar-refractivity contribution < 1.29 is 27.5 Å². The van der Waals surface area contributed by atoms with Crippen LogP contribution in [-0.2, 0) is 15.7 Å². The number of hydrogen-bond acceptors (Lipinski definition) is 4. The molecule has 1 saturated heterocycles. The summed E-state index contributed by atoms with van der Waals surface area (Å²) in [5.74, 6) is -1.38. The first kappa shape index (κ1) is 20.1. The van der Waals surface area contributed by atoms with Gasteiger partial charge in [0.2, 0.25) is 0 Å². The fourth-order valence-electron chi connectivity index (χ4n) is 3.29. The Morgan fingerprint density at radius 2 is 1.96 bits per heavy atom. The van der Waals surface area contributed by atoms with Crippen LogP contribution >= 0.6 is 0 Å². The van der Waals surface area contributed by atoms with Gasteiger partial charge in [-0.25, -0.2) is 4.68 Å². The second kappa shape index (κ2) is 7.38. The van der Waals surface area contributed by atoms with Crippen molar-refractivity contribution in [1.82, 2.24) is 14.7 Å². The Morgan fingerprint density at radius 3 is 2.61 bits per heavy atom. The molecule has 1 fully saturated rings. The molecule has 28 heavy (non-hydrogen) atoms. The third-order valence-corrected chi connectivity index (χ3v) is 4.66. The van der Waals surface area contributed by atoms with Gasteiger partial charge < -0.3 is 9.64 Å². The molecule has 0 N–H and O–H groups in total. The molecule has 9 heteroatoms. The van der Waals surface area contributed by atoms with Crippen molar-refractivity contribution in [3.63, 3.8) is 0 Å². The molecule has 1 aliphatic heterocycles. The van der Waals surface area contributed by atoms with Gasteiger partial charge in [0.1, 0.15) is 0 Å². The van der Waals surface area contributed by atoms with Gasteiger partial charge in [-0.15, -0.1) is 0 Å². The molecule has 1 unspecified atom stereocenters. The van der Waals surface area contributed by atoms with Crippen molar-refractivity contribution in [2.75, 3.05) is 19.7 Å². The van der Waals surface area contributed by atoms with Gasteiger partial charge in [0.15, 0.2) is 0 Å². The Labute approximate surface area is 159 Å². The maximum absolute atomic E-state index is 13.0. The molecule has 2 heterocycles. The predicted molar refractivity (Wildman–Crippen MR) is 94.4 cm³/mol. The van der Waals surface area contributed by atoms with E-state index in [0.29, 0.717) is 25.4 Å². The highest BCUT2D eigenvalue weighted by atomic mass is 19.4. The molecular formula is C19H20F3N3O3. The standard InChI is InChI=1S/C19H20F3N3O3/c1-11-10-24(7-8-28-11)18(27)17(26)16-12(2)23-25(13(16)3)15-6-4-5-14(9-15)19(20,21)22/h4-6,9,11H,7-8,10H2,1-3H3. The van der Waals surface area contributed by atoms with Crippen LogP contribution in [0.2, 0.25) is 0 Å². The zero-order chi connectivity index (χ0) is 20.6. The first-order chi connectivity index (χ1) is 13.1. The highest BCUT2D eigenvalue weighted by Gasteiger charge is 2.33. The molecule has 0 bridgehead atoms. The summed E-state index contributed by atoms with van der Waals surface area (Å²) in [7, 11) is 0. The summed E-state index contributed by atoms with van der Waals surface area (Å²) in [6.07, 6.45) is -4.66. The van der Waals surface area contributed by atoms with Crippen LogP contribution in [0.5, 0.6) is 0 Å². The van der Waals surface area contributed by atoms with Gasteiger partial charge in [-0.05, 0) is 39.0 Å². The summed E-state index contributed by atoms with van der Waals surface area (Å²) < 4.78 is 45.6. The van der Waals surface area contributed by atoms with Crippen LogP contribution in [0, 0.1) is 13.8 Å². The molecule has 1 atom stereocenters. The van der Waals surface area contributed by atoms with E-state index < -0.39 is 23.4 Å². The van der Waals surface area contributed by atoms with Gasteiger partial charge in [0.25, 0.3) is 11.7 Å². The number of carbonyl (C=O) groups excluding carboxylic acids is 2. The van der Waals surface area contributed by atoms with Crippen LogP contribution < -0.4 is 0 Å². The number of benzene rings is 1. The Kier molecular flexibility index (Phi) is 5.29. The fourth-order valence-corrected chi connectivity index (χ4v) is 3.29. The molecule has 0 aliphatic carbocycles. The molecule has 2 aromatic rings. The Morgan fingerprint density at radius 1 is 1.25 bits per heavy atom. The molecular weight excluding hydrogens is 375 g/mol. The Balaban J connectivity index is 1.94. The summed E-state index contributed by atoms with van der Waals surface area (Å²) in [6.45, 7) is 5.90. The van der Waals surface area contributed by atoms with E-state index >= 15 is 0 Å². The van der Waals surface area contributed by atoms with Gasteiger partial charge in [-0.1, -0.05) is 6.07 Å². The fraction of sp³-hybridized carbons (Fsp3) is 0.421. The van der Waals surface area contributed by atoms with Crippen molar-refractivity contribution >= 4 is 11.7 Å². The van der Waals surface area contributed by atoms with Crippen molar-refractivity contribution in [3.05, 3.63) is 46.8 Å². The van der Waals surface area contributed by atoms with Crippen molar-refractivity contribution in [2.24, 2.45) is 0 Å². The lowest BCUT2D eigenvalue weighted by atomic mass is 10.1. The van der Waals surface area contributed by atoms with E-state index in [9.17, 15) is 22.8 Å². The lowest BCUT2D eigenvalue weighted by Crippen LogP contribution is -2.47. The van der Waals surface area contributed by atoms with E-state index in [1.807, 2.05) is 6.92 Å². The predicted octanol–water partition coefficient (Wildman–Crippen LogP) is 2.94. The van der Waals surface area contributed by atoms with Gasteiger partial charge in [0, 0.05) is 13.1 Å². The summed E-state index contributed by atoms with van der Waals surface area (Å²) in [4.78, 5) is 26.8. The van der Waals surface area contributed by atoms with Gasteiger partial charge in [-0.2, -0.15) is 18.3 Å². The number of aromatic nitrogens is 2. The second-order valence-electron chi connectivity index (χ2n) is 6.77. The highest BCUT2D eigenvalue weighted by Crippen LogP contribution is 2.31. The number of nitrogens with zero attached hydrogens (tertiary/aromatic N) is 3. The summed E-state index contributed by atoms with van der Waals surface area (Å²) in [5.41, 5.74) is 0.0679. The molecule has 3 rings (SSSR count). The van der Waals surface area contributed by atoms with Crippen molar-refractivity contribution in [3.8, 4) is 5.69 Å². The minimum atomic E-state index is -4.49. The third kappa shape index (κ3) is 3.80. The minimum Gasteiger partial charge on any atom is -0.375 e. The number of ketones is 1. The number of ether oxygens (including phenoxy) is 1. The monoisotopic (exact) mass is 395 g/mol. The molecule has 1 amide bonds. The maximum Gasteiger partial charge on any atom is 0.416 e. The van der Waals surface area contributed by atoms with Gasteiger partial charge in [-0.3, -0.25) is 9.59 Å². The lowest BCUT2D eigenvalue weighted by molar-refractivity contribution is -0.137. The number of aryl methyl sites for hydroxylation is 1. The average molecular weight is 395 g/mol. The quantitative estimate of drug-likeness (QED) is 0.592. The van der Waals surface area contributed by atoms with Gasteiger partial charge in [0.05, 0.1) is 40.9 Å². The molecule has 1 aliphatic rings. The molecule has 0 saturated carbocycles. The molecule has 0 radical (unpaired) electrons. The number of hydrogen-bond donors (Lipinski definition) is 0.